The van der Waals surface area contributed by atoms with Crippen molar-refractivity contribution in [3.63, 3.8) is 0 Å². The Morgan fingerprint density at radius 2 is 1.74 bits per heavy atom. The van der Waals surface area contributed by atoms with Gasteiger partial charge in [-0.1, -0.05) is 12.1 Å². The van der Waals surface area contributed by atoms with Gasteiger partial charge in [0.15, 0.2) is 0 Å². The van der Waals surface area contributed by atoms with Crippen molar-refractivity contribution in [2.75, 3.05) is 38.5 Å². The Morgan fingerprint density at radius 3 is 2.39 bits per heavy atom. The van der Waals surface area contributed by atoms with Gasteiger partial charge in [-0.3, -0.25) is 9.59 Å². The molecule has 0 saturated carbocycles. The highest BCUT2D eigenvalue weighted by Crippen LogP contribution is 2.18. The van der Waals surface area contributed by atoms with Crippen LogP contribution in [0.1, 0.15) is 10.4 Å². The van der Waals surface area contributed by atoms with Crippen molar-refractivity contribution in [1.29, 1.82) is 0 Å². The van der Waals surface area contributed by atoms with E-state index in [9.17, 15) is 14.4 Å². The molecule has 1 heterocycles. The van der Waals surface area contributed by atoms with Crippen LogP contribution in [0.15, 0.2) is 36.4 Å². The number of carbonyl (C=O) groups excluding carboxylic acids is 2. The van der Waals surface area contributed by atoms with Crippen LogP contribution in [0.3, 0.4) is 0 Å². The molecule has 7 nitrogen and oxygen atoms in total. The predicted octanol–water partition coefficient (Wildman–Crippen LogP) is 0.653. The zero-order valence-corrected chi connectivity index (χ0v) is 12.9. The Balaban J connectivity index is 2.12. The fraction of sp³-hybridized carbons (Fsp3) is 0.312. The van der Waals surface area contributed by atoms with Crippen LogP contribution in [0.2, 0.25) is 0 Å². The van der Waals surface area contributed by atoms with E-state index in [0.717, 1.165) is 25.2 Å². The Hall–Kier alpha value is -2.67. The highest BCUT2D eigenvalue weighted by Gasteiger charge is 2.22. The molecule has 1 saturated heterocycles. The average Bonchev–Trinajstić information content (AvgIpc) is 2.53. The van der Waals surface area contributed by atoms with Crippen LogP contribution in [0.4, 0.5) is 5.69 Å². The number of piperazine rings is 1. The van der Waals surface area contributed by atoms with Crippen LogP contribution in [0.5, 0.6) is 0 Å². The number of carboxylic acids is 1. The molecule has 2 N–H and O–H groups in total. The molecule has 0 spiro atoms. The van der Waals surface area contributed by atoms with Crippen LogP contribution in [0, 0.1) is 0 Å². The number of anilines is 1. The lowest BCUT2D eigenvalue weighted by Gasteiger charge is -2.32. The number of nitrogens with zero attached hydrogens (tertiary/aromatic N) is 2. The van der Waals surface area contributed by atoms with E-state index in [1.807, 2.05) is 7.05 Å². The lowest BCUT2D eigenvalue weighted by Crippen LogP contribution is -2.47. The Bertz CT molecular complexity index is 634. The smallest absolute Gasteiger partial charge is 0.328 e. The number of benzene rings is 1. The number of nitrogens with one attached hydrogen (secondary N) is 1. The molecule has 0 bridgehead atoms. The molecule has 0 unspecified atom stereocenters. The molecule has 2 amide bonds. The van der Waals surface area contributed by atoms with Gasteiger partial charge < -0.3 is 20.2 Å². The van der Waals surface area contributed by atoms with Crippen molar-refractivity contribution in [3.8, 4) is 0 Å². The molecule has 1 aromatic rings. The van der Waals surface area contributed by atoms with Crippen molar-refractivity contribution in [2.45, 2.75) is 0 Å². The third kappa shape index (κ3) is 4.65. The summed E-state index contributed by atoms with van der Waals surface area (Å²) < 4.78 is 0. The summed E-state index contributed by atoms with van der Waals surface area (Å²) in [5, 5.41) is 11.1. The van der Waals surface area contributed by atoms with E-state index in [4.69, 9.17) is 5.11 Å². The third-order valence-corrected chi connectivity index (χ3v) is 3.58. The molecule has 0 aliphatic carbocycles. The van der Waals surface area contributed by atoms with Crippen molar-refractivity contribution in [2.24, 2.45) is 0 Å². The minimum Gasteiger partial charge on any atom is -0.478 e. The SMILES string of the molecule is CN1CCN(C(=O)c2ccccc2NC(=O)/C=C/C(=O)O)CC1. The Labute approximate surface area is 134 Å². The van der Waals surface area contributed by atoms with Gasteiger partial charge in [0.05, 0.1) is 11.3 Å². The topological polar surface area (TPSA) is 90.0 Å². The summed E-state index contributed by atoms with van der Waals surface area (Å²) >= 11 is 0. The van der Waals surface area contributed by atoms with Gasteiger partial charge in [0.25, 0.3) is 5.91 Å². The van der Waals surface area contributed by atoms with E-state index >= 15 is 0 Å². The minimum atomic E-state index is -1.21. The van der Waals surface area contributed by atoms with Crippen molar-refractivity contribution in [3.05, 3.63) is 42.0 Å². The molecule has 1 fully saturated rings. The number of amides is 2. The molecule has 122 valence electrons. The lowest BCUT2D eigenvalue weighted by atomic mass is 10.1. The molecule has 7 heteroatoms. The number of hydrogen-bond donors (Lipinski definition) is 2. The maximum atomic E-state index is 12.6. The molecule has 1 aliphatic heterocycles. The zero-order valence-electron chi connectivity index (χ0n) is 12.9. The van der Waals surface area contributed by atoms with Crippen LogP contribution >= 0.6 is 0 Å². The molecule has 0 radical (unpaired) electrons. The summed E-state index contributed by atoms with van der Waals surface area (Å²) in [6, 6.07) is 6.70. The quantitative estimate of drug-likeness (QED) is 0.796. The number of carbonyl (C=O) groups is 3. The maximum absolute atomic E-state index is 12.6. The summed E-state index contributed by atoms with van der Waals surface area (Å²) in [5.41, 5.74) is 0.769. The first-order valence-electron chi connectivity index (χ1n) is 7.26. The van der Waals surface area contributed by atoms with Gasteiger partial charge in [-0.2, -0.15) is 0 Å². The highest BCUT2D eigenvalue weighted by atomic mass is 16.4. The van der Waals surface area contributed by atoms with Gasteiger partial charge >= 0.3 is 5.97 Å². The highest BCUT2D eigenvalue weighted by molar-refractivity contribution is 6.07. The van der Waals surface area contributed by atoms with Crippen molar-refractivity contribution in [1.82, 2.24) is 9.80 Å². The first-order valence-corrected chi connectivity index (χ1v) is 7.26. The van der Waals surface area contributed by atoms with Crippen LogP contribution in [-0.2, 0) is 9.59 Å². The molecule has 1 aliphatic rings. The largest absolute Gasteiger partial charge is 0.478 e. The summed E-state index contributed by atoms with van der Waals surface area (Å²) in [5.74, 6) is -1.94. The predicted molar refractivity (Wildman–Crippen MR) is 85.2 cm³/mol. The number of para-hydroxylation sites is 1. The molecule has 0 atom stereocenters. The molecular formula is C16H19N3O4. The summed E-state index contributed by atoms with van der Waals surface area (Å²) in [4.78, 5) is 38.7. The Kier molecular flexibility index (Phi) is 5.48. The second kappa shape index (κ2) is 7.55. The third-order valence-electron chi connectivity index (χ3n) is 3.58. The van der Waals surface area contributed by atoms with Gasteiger partial charge in [0.2, 0.25) is 5.91 Å². The number of likely N-dealkylation sites (N-methyl/N-ethyl adjacent to an activating group) is 1. The van der Waals surface area contributed by atoms with Crippen molar-refractivity contribution < 1.29 is 19.5 Å². The second-order valence-corrected chi connectivity index (χ2v) is 5.30. The van der Waals surface area contributed by atoms with Gasteiger partial charge in [-0.25, -0.2) is 4.79 Å². The molecule has 0 aromatic heterocycles. The average molecular weight is 317 g/mol. The summed E-state index contributed by atoms with van der Waals surface area (Å²) in [7, 11) is 2.00. The minimum absolute atomic E-state index is 0.142. The van der Waals surface area contributed by atoms with Gasteiger partial charge in [-0.05, 0) is 19.2 Å². The van der Waals surface area contributed by atoms with Crippen LogP contribution in [0.25, 0.3) is 0 Å². The summed E-state index contributed by atoms with van der Waals surface area (Å²) in [6.45, 7) is 2.89. The van der Waals surface area contributed by atoms with E-state index in [0.29, 0.717) is 24.3 Å². The molecule has 23 heavy (non-hydrogen) atoms. The number of carboxylic acid groups (broad SMARTS) is 1. The molecular weight excluding hydrogens is 298 g/mol. The van der Waals surface area contributed by atoms with E-state index in [-0.39, 0.29) is 5.91 Å². The molecule has 2 rings (SSSR count). The van der Waals surface area contributed by atoms with Gasteiger partial charge in [0, 0.05) is 38.3 Å². The Morgan fingerprint density at radius 1 is 1.09 bits per heavy atom. The van der Waals surface area contributed by atoms with E-state index in [1.54, 1.807) is 29.2 Å². The van der Waals surface area contributed by atoms with E-state index in [1.165, 1.54) is 0 Å². The number of aliphatic carboxylic acids is 1. The van der Waals surface area contributed by atoms with E-state index < -0.39 is 11.9 Å². The van der Waals surface area contributed by atoms with Crippen LogP contribution in [-0.4, -0.2) is 65.9 Å². The number of hydrogen-bond acceptors (Lipinski definition) is 4. The fourth-order valence-electron chi connectivity index (χ4n) is 2.28. The zero-order chi connectivity index (χ0) is 16.8. The maximum Gasteiger partial charge on any atom is 0.328 e. The normalized spacial score (nSPS) is 15.6. The monoisotopic (exact) mass is 317 g/mol. The first kappa shape index (κ1) is 16.7. The standard InChI is InChI=1S/C16H19N3O4/c1-18-8-10-19(11-9-18)16(23)12-4-2-3-5-13(12)17-14(20)6-7-15(21)22/h2-7H,8-11H2,1H3,(H,17,20)(H,21,22)/b7-6+. The van der Waals surface area contributed by atoms with Crippen LogP contribution < -0.4 is 5.32 Å². The molecule has 1 aromatic carbocycles. The first-order chi connectivity index (χ1) is 11.0. The van der Waals surface area contributed by atoms with Crippen molar-refractivity contribution >= 4 is 23.5 Å². The van der Waals surface area contributed by atoms with Gasteiger partial charge in [-0.15, -0.1) is 0 Å². The second-order valence-electron chi connectivity index (χ2n) is 5.30. The number of rotatable bonds is 4. The summed E-state index contributed by atoms with van der Waals surface area (Å²) in [6.07, 6.45) is 1.67. The van der Waals surface area contributed by atoms with E-state index in [2.05, 4.69) is 10.2 Å². The van der Waals surface area contributed by atoms with Gasteiger partial charge in [0.1, 0.15) is 0 Å². The fourth-order valence-corrected chi connectivity index (χ4v) is 2.28. The lowest BCUT2D eigenvalue weighted by molar-refractivity contribution is -0.131.